The molecule has 1 aliphatic rings. The molecule has 0 aromatic heterocycles. The molecule has 1 N–H and O–H groups in total. The summed E-state index contributed by atoms with van der Waals surface area (Å²) in [6, 6.07) is 14.2. The molecule has 1 aliphatic heterocycles. The van der Waals surface area contributed by atoms with Gasteiger partial charge in [-0.25, -0.2) is 4.79 Å². The van der Waals surface area contributed by atoms with Crippen molar-refractivity contribution in [3.05, 3.63) is 59.0 Å². The van der Waals surface area contributed by atoms with Crippen LogP contribution in [0.1, 0.15) is 19.4 Å². The number of carboxylic acids is 1. The summed E-state index contributed by atoms with van der Waals surface area (Å²) in [6.45, 7) is 3.79. The van der Waals surface area contributed by atoms with Crippen molar-refractivity contribution in [1.29, 1.82) is 0 Å². The van der Waals surface area contributed by atoms with E-state index in [4.69, 9.17) is 26.8 Å². The molecule has 3 rings (SSSR count). The van der Waals surface area contributed by atoms with Gasteiger partial charge in [0.25, 0.3) is 5.91 Å². The topological polar surface area (TPSA) is 76.1 Å². The average molecular weight is 430 g/mol. The number of ether oxygens (including phenoxy) is 2. The minimum atomic E-state index is -1.07. The van der Waals surface area contributed by atoms with Gasteiger partial charge in [-0.15, -0.1) is 0 Å². The van der Waals surface area contributed by atoms with E-state index in [1.807, 2.05) is 19.1 Å². The minimum Gasteiger partial charge on any atom is -0.492 e. The Labute approximate surface area is 178 Å². The van der Waals surface area contributed by atoms with Crippen molar-refractivity contribution in [2.75, 3.05) is 11.5 Å². The second kappa shape index (κ2) is 9.11. The van der Waals surface area contributed by atoms with Crippen LogP contribution in [0.4, 0.5) is 5.69 Å². The third-order valence-electron chi connectivity index (χ3n) is 4.06. The number of carbonyl (C=O) groups is 2. The summed E-state index contributed by atoms with van der Waals surface area (Å²) in [5, 5.41) is 9.09. The number of benzene rings is 2. The van der Waals surface area contributed by atoms with Gasteiger partial charge in [0.2, 0.25) is 0 Å². The molecular formula is C21H19NO5S2. The van der Waals surface area contributed by atoms with E-state index in [2.05, 4.69) is 0 Å². The molecule has 1 amide bonds. The maximum atomic E-state index is 13.1. The molecule has 0 saturated carbocycles. The SMILES string of the molecule is CCOc1ccccc1N1C(=O)/C(=C\c2ccccc2OC(C)C(=O)O)SC1=S. The molecule has 0 spiro atoms. The van der Waals surface area contributed by atoms with E-state index in [1.54, 1.807) is 42.5 Å². The van der Waals surface area contributed by atoms with Crippen LogP contribution in [0.2, 0.25) is 0 Å². The van der Waals surface area contributed by atoms with Gasteiger partial charge in [-0.1, -0.05) is 54.3 Å². The summed E-state index contributed by atoms with van der Waals surface area (Å²) in [6.07, 6.45) is 0.643. The Bertz CT molecular complexity index is 989. The molecule has 2 aromatic rings. The summed E-state index contributed by atoms with van der Waals surface area (Å²) in [5.41, 5.74) is 1.18. The minimum absolute atomic E-state index is 0.270. The van der Waals surface area contributed by atoms with E-state index >= 15 is 0 Å². The number of thioether (sulfide) groups is 1. The van der Waals surface area contributed by atoms with Crippen LogP contribution in [-0.4, -0.2) is 34.0 Å². The number of rotatable bonds is 7. The molecular weight excluding hydrogens is 410 g/mol. The van der Waals surface area contributed by atoms with Gasteiger partial charge in [-0.05, 0) is 38.1 Å². The van der Waals surface area contributed by atoms with Crippen molar-refractivity contribution in [3.63, 3.8) is 0 Å². The van der Waals surface area contributed by atoms with Gasteiger partial charge in [0, 0.05) is 5.56 Å². The highest BCUT2D eigenvalue weighted by Gasteiger charge is 2.35. The quantitative estimate of drug-likeness (QED) is 0.518. The van der Waals surface area contributed by atoms with Crippen molar-refractivity contribution in [3.8, 4) is 11.5 Å². The number of anilines is 1. The smallest absolute Gasteiger partial charge is 0.344 e. The van der Waals surface area contributed by atoms with Gasteiger partial charge in [-0.3, -0.25) is 9.69 Å². The molecule has 150 valence electrons. The third kappa shape index (κ3) is 4.60. The van der Waals surface area contributed by atoms with Crippen molar-refractivity contribution in [2.24, 2.45) is 0 Å². The fourth-order valence-corrected chi connectivity index (χ4v) is 3.96. The number of nitrogens with zero attached hydrogens (tertiary/aromatic N) is 1. The Morgan fingerprint density at radius 3 is 2.55 bits per heavy atom. The number of carbonyl (C=O) groups excluding carboxylic acids is 1. The van der Waals surface area contributed by atoms with Crippen molar-refractivity contribution in [1.82, 2.24) is 0 Å². The lowest BCUT2D eigenvalue weighted by Crippen LogP contribution is -2.28. The first kappa shape index (κ1) is 20.9. The number of hydrogen-bond acceptors (Lipinski definition) is 6. The average Bonchev–Trinajstić information content (AvgIpc) is 2.97. The second-order valence-electron chi connectivity index (χ2n) is 6.05. The number of hydrogen-bond donors (Lipinski definition) is 1. The fraction of sp³-hybridized carbons (Fsp3) is 0.190. The third-order valence-corrected chi connectivity index (χ3v) is 5.36. The molecule has 1 unspecified atom stereocenters. The van der Waals surface area contributed by atoms with Gasteiger partial charge in [0.1, 0.15) is 11.5 Å². The molecule has 8 heteroatoms. The van der Waals surface area contributed by atoms with Gasteiger partial charge in [-0.2, -0.15) is 0 Å². The van der Waals surface area contributed by atoms with Crippen LogP contribution in [0.5, 0.6) is 11.5 Å². The van der Waals surface area contributed by atoms with Crippen molar-refractivity contribution >= 4 is 51.9 Å². The summed E-state index contributed by atoms with van der Waals surface area (Å²) in [7, 11) is 0. The van der Waals surface area contributed by atoms with Crippen molar-refractivity contribution < 1.29 is 24.2 Å². The monoisotopic (exact) mass is 429 g/mol. The largest absolute Gasteiger partial charge is 0.492 e. The molecule has 1 fully saturated rings. The maximum absolute atomic E-state index is 13.1. The zero-order valence-corrected chi connectivity index (χ0v) is 17.5. The van der Waals surface area contributed by atoms with E-state index in [0.29, 0.717) is 38.6 Å². The van der Waals surface area contributed by atoms with Crippen LogP contribution in [0.15, 0.2) is 53.4 Å². The number of aliphatic carboxylic acids is 1. The molecule has 1 atom stereocenters. The predicted octanol–water partition coefficient (Wildman–Crippen LogP) is 4.34. The molecule has 2 aromatic carbocycles. The summed E-state index contributed by atoms with van der Waals surface area (Å²) >= 11 is 6.61. The molecule has 0 aliphatic carbocycles. The Morgan fingerprint density at radius 1 is 1.21 bits per heavy atom. The molecule has 0 bridgehead atoms. The zero-order valence-electron chi connectivity index (χ0n) is 15.8. The Morgan fingerprint density at radius 2 is 1.86 bits per heavy atom. The van der Waals surface area contributed by atoms with E-state index in [-0.39, 0.29) is 5.91 Å². The van der Waals surface area contributed by atoms with Gasteiger partial charge in [0.05, 0.1) is 17.2 Å². The van der Waals surface area contributed by atoms with Crippen LogP contribution in [0.3, 0.4) is 0 Å². The zero-order chi connectivity index (χ0) is 21.0. The summed E-state index contributed by atoms with van der Waals surface area (Å²) in [5.74, 6) is -0.388. The predicted molar refractivity (Wildman–Crippen MR) is 117 cm³/mol. The maximum Gasteiger partial charge on any atom is 0.344 e. The Hall–Kier alpha value is -2.84. The van der Waals surface area contributed by atoms with E-state index in [1.165, 1.54) is 23.6 Å². The lowest BCUT2D eigenvalue weighted by atomic mass is 10.1. The Kier molecular flexibility index (Phi) is 6.56. The first-order valence-electron chi connectivity index (χ1n) is 8.90. The fourth-order valence-electron chi connectivity index (χ4n) is 2.68. The highest BCUT2D eigenvalue weighted by Crippen LogP contribution is 2.40. The normalized spacial score (nSPS) is 16.2. The van der Waals surface area contributed by atoms with E-state index in [9.17, 15) is 9.59 Å². The van der Waals surface area contributed by atoms with E-state index < -0.39 is 12.1 Å². The number of carboxylic acid groups (broad SMARTS) is 1. The van der Waals surface area contributed by atoms with Gasteiger partial charge < -0.3 is 14.6 Å². The highest BCUT2D eigenvalue weighted by molar-refractivity contribution is 8.27. The molecule has 29 heavy (non-hydrogen) atoms. The first-order chi connectivity index (χ1) is 13.9. The standard InChI is InChI=1S/C21H19NO5S2/c1-3-26-17-11-7-5-9-15(17)22-19(23)18(29-21(22)28)12-14-8-4-6-10-16(14)27-13(2)20(24)25/h4-13H,3H2,1-2H3,(H,24,25)/b18-12+. The molecule has 0 radical (unpaired) electrons. The molecule has 6 nitrogen and oxygen atoms in total. The second-order valence-corrected chi connectivity index (χ2v) is 7.73. The highest BCUT2D eigenvalue weighted by atomic mass is 32.2. The van der Waals surface area contributed by atoms with Crippen LogP contribution >= 0.6 is 24.0 Å². The van der Waals surface area contributed by atoms with Crippen LogP contribution in [0, 0.1) is 0 Å². The molecule has 1 heterocycles. The lowest BCUT2D eigenvalue weighted by molar-refractivity contribution is -0.144. The van der Waals surface area contributed by atoms with Crippen LogP contribution in [-0.2, 0) is 9.59 Å². The van der Waals surface area contributed by atoms with Crippen LogP contribution < -0.4 is 14.4 Å². The van der Waals surface area contributed by atoms with Crippen LogP contribution in [0.25, 0.3) is 6.08 Å². The van der Waals surface area contributed by atoms with E-state index in [0.717, 1.165) is 0 Å². The Balaban J connectivity index is 1.93. The number of amides is 1. The lowest BCUT2D eigenvalue weighted by Gasteiger charge is -2.18. The first-order valence-corrected chi connectivity index (χ1v) is 10.1. The summed E-state index contributed by atoms with van der Waals surface area (Å²) < 4.78 is 11.5. The van der Waals surface area contributed by atoms with Crippen molar-refractivity contribution in [2.45, 2.75) is 20.0 Å². The van der Waals surface area contributed by atoms with Gasteiger partial charge in [0.15, 0.2) is 10.4 Å². The number of thiocarbonyl (C=S) groups is 1. The molecule has 1 saturated heterocycles. The number of para-hydroxylation sites is 3. The van der Waals surface area contributed by atoms with Gasteiger partial charge >= 0.3 is 5.97 Å². The summed E-state index contributed by atoms with van der Waals surface area (Å²) in [4.78, 5) is 26.0.